The van der Waals surface area contributed by atoms with E-state index in [0.717, 1.165) is 37.3 Å². The largest absolute Gasteiger partial charge is 0.341 e. The fraction of sp³-hybridized carbons (Fsp3) is 0.476. The molecule has 2 heterocycles. The topological polar surface area (TPSA) is 67.2 Å². The average Bonchev–Trinajstić information content (AvgIpc) is 3.32. The summed E-state index contributed by atoms with van der Waals surface area (Å²) in [4.78, 5) is 31.6. The van der Waals surface area contributed by atoms with E-state index in [4.69, 9.17) is 0 Å². The number of carbonyl (C=O) groups is 2. The van der Waals surface area contributed by atoms with Crippen LogP contribution in [0.1, 0.15) is 43.1 Å². The first-order valence-corrected chi connectivity index (χ1v) is 9.66. The molecule has 0 unspecified atom stereocenters. The van der Waals surface area contributed by atoms with Gasteiger partial charge in [-0.05, 0) is 38.0 Å². The minimum absolute atomic E-state index is 0.00398. The second kappa shape index (κ2) is 6.83. The van der Waals surface area contributed by atoms with E-state index in [9.17, 15) is 9.59 Å². The molecule has 1 saturated carbocycles. The Bertz CT molecular complexity index is 844. The summed E-state index contributed by atoms with van der Waals surface area (Å²) >= 11 is 0. The number of rotatable bonds is 4. The van der Waals surface area contributed by atoms with Crippen molar-refractivity contribution in [3.63, 3.8) is 0 Å². The van der Waals surface area contributed by atoms with Crippen molar-refractivity contribution in [2.24, 2.45) is 12.5 Å². The Kier molecular flexibility index (Phi) is 4.50. The molecule has 2 amide bonds. The van der Waals surface area contributed by atoms with Crippen LogP contribution in [-0.4, -0.2) is 45.4 Å². The summed E-state index contributed by atoms with van der Waals surface area (Å²) in [6.45, 7) is 3.38. The molecule has 142 valence electrons. The van der Waals surface area contributed by atoms with E-state index in [-0.39, 0.29) is 11.8 Å². The number of amides is 2. The van der Waals surface area contributed by atoms with Crippen LogP contribution in [0.25, 0.3) is 11.4 Å². The van der Waals surface area contributed by atoms with E-state index < -0.39 is 6.04 Å². The quantitative estimate of drug-likeness (QED) is 0.904. The first kappa shape index (κ1) is 17.8. The summed E-state index contributed by atoms with van der Waals surface area (Å²) in [5, 5.41) is 2.84. The SMILES string of the molecule is C[C@H](NC(=O)c1cnc(-c2ccccc2)n1C)C(=O)N1CCC2(CC1)CC2. The molecule has 1 aromatic heterocycles. The number of imidazole rings is 1. The third-order valence-electron chi connectivity index (χ3n) is 6.06. The molecule has 6 heteroatoms. The second-order valence-corrected chi connectivity index (χ2v) is 7.91. The van der Waals surface area contributed by atoms with Crippen LogP contribution in [0.3, 0.4) is 0 Å². The van der Waals surface area contributed by atoms with Crippen molar-refractivity contribution in [2.45, 2.75) is 38.6 Å². The van der Waals surface area contributed by atoms with E-state index in [2.05, 4.69) is 10.3 Å². The third-order valence-corrected chi connectivity index (χ3v) is 6.06. The van der Waals surface area contributed by atoms with Gasteiger partial charge in [0.15, 0.2) is 0 Å². The van der Waals surface area contributed by atoms with Gasteiger partial charge >= 0.3 is 0 Å². The van der Waals surface area contributed by atoms with Gasteiger partial charge in [0, 0.05) is 25.7 Å². The van der Waals surface area contributed by atoms with Crippen LogP contribution < -0.4 is 5.32 Å². The normalized spacial score (nSPS) is 19.0. The molecular weight excluding hydrogens is 340 g/mol. The van der Waals surface area contributed by atoms with Crippen molar-refractivity contribution in [1.82, 2.24) is 19.8 Å². The lowest BCUT2D eigenvalue weighted by Gasteiger charge is -2.33. The van der Waals surface area contributed by atoms with Crippen molar-refractivity contribution >= 4 is 11.8 Å². The summed E-state index contributed by atoms with van der Waals surface area (Å²) < 4.78 is 1.76. The number of aromatic nitrogens is 2. The maximum Gasteiger partial charge on any atom is 0.270 e. The molecule has 2 aliphatic rings. The van der Waals surface area contributed by atoms with Gasteiger partial charge in [0.05, 0.1) is 6.20 Å². The zero-order valence-corrected chi connectivity index (χ0v) is 15.9. The maximum absolute atomic E-state index is 12.7. The van der Waals surface area contributed by atoms with Crippen molar-refractivity contribution < 1.29 is 9.59 Å². The lowest BCUT2D eigenvalue weighted by molar-refractivity contribution is -0.134. The second-order valence-electron chi connectivity index (χ2n) is 7.91. The van der Waals surface area contributed by atoms with Crippen molar-refractivity contribution in [3.8, 4) is 11.4 Å². The molecule has 1 N–H and O–H groups in total. The molecule has 2 aromatic rings. The lowest BCUT2D eigenvalue weighted by Crippen LogP contribution is -2.49. The summed E-state index contributed by atoms with van der Waals surface area (Å²) in [5.74, 6) is 0.457. The minimum atomic E-state index is -0.541. The summed E-state index contributed by atoms with van der Waals surface area (Å²) in [7, 11) is 1.82. The van der Waals surface area contributed by atoms with Crippen LogP contribution in [0.4, 0.5) is 0 Å². The van der Waals surface area contributed by atoms with Crippen molar-refractivity contribution in [1.29, 1.82) is 0 Å². The zero-order chi connectivity index (χ0) is 19.0. The average molecular weight is 366 g/mol. The fourth-order valence-corrected chi connectivity index (χ4v) is 3.96. The molecule has 1 aliphatic carbocycles. The van der Waals surface area contributed by atoms with Crippen LogP contribution in [0.5, 0.6) is 0 Å². The van der Waals surface area contributed by atoms with Crippen LogP contribution >= 0.6 is 0 Å². The van der Waals surface area contributed by atoms with E-state index in [1.54, 1.807) is 17.7 Å². The van der Waals surface area contributed by atoms with Gasteiger partial charge in [-0.25, -0.2) is 4.98 Å². The number of hydrogen-bond acceptors (Lipinski definition) is 3. The summed E-state index contributed by atoms with van der Waals surface area (Å²) in [6.07, 6.45) is 6.38. The van der Waals surface area contributed by atoms with Gasteiger partial charge in [-0.2, -0.15) is 0 Å². The predicted octanol–water partition coefficient (Wildman–Crippen LogP) is 2.61. The number of likely N-dealkylation sites (tertiary alicyclic amines) is 1. The number of carbonyl (C=O) groups excluding carboxylic acids is 2. The molecule has 1 spiro atoms. The number of nitrogens with one attached hydrogen (secondary N) is 1. The predicted molar refractivity (Wildman–Crippen MR) is 103 cm³/mol. The monoisotopic (exact) mass is 366 g/mol. The van der Waals surface area contributed by atoms with Crippen molar-refractivity contribution in [2.75, 3.05) is 13.1 Å². The molecule has 1 aromatic carbocycles. The first-order valence-electron chi connectivity index (χ1n) is 9.66. The molecular formula is C21H26N4O2. The van der Waals surface area contributed by atoms with Gasteiger partial charge in [0.25, 0.3) is 5.91 Å². The third kappa shape index (κ3) is 3.48. The van der Waals surface area contributed by atoms with E-state index in [0.29, 0.717) is 11.1 Å². The van der Waals surface area contributed by atoms with E-state index >= 15 is 0 Å². The Morgan fingerprint density at radius 1 is 1.11 bits per heavy atom. The van der Waals surface area contributed by atoms with Crippen molar-refractivity contribution in [3.05, 3.63) is 42.2 Å². The van der Waals surface area contributed by atoms with Gasteiger partial charge < -0.3 is 14.8 Å². The number of hydrogen-bond donors (Lipinski definition) is 1. The minimum Gasteiger partial charge on any atom is -0.341 e. The van der Waals surface area contributed by atoms with Crippen LogP contribution in [0.15, 0.2) is 36.5 Å². The Morgan fingerprint density at radius 2 is 1.78 bits per heavy atom. The molecule has 1 atom stereocenters. The smallest absolute Gasteiger partial charge is 0.270 e. The molecule has 4 rings (SSSR count). The van der Waals surface area contributed by atoms with Gasteiger partial charge in [-0.15, -0.1) is 0 Å². The van der Waals surface area contributed by atoms with E-state index in [1.165, 1.54) is 12.8 Å². The van der Waals surface area contributed by atoms with E-state index in [1.807, 2.05) is 42.3 Å². The summed E-state index contributed by atoms with van der Waals surface area (Å²) in [6, 6.07) is 9.20. The van der Waals surface area contributed by atoms with Gasteiger partial charge in [0.2, 0.25) is 5.91 Å². The molecule has 1 aliphatic heterocycles. The standard InChI is InChI=1S/C21H26N4O2/c1-15(20(27)25-12-10-21(8-9-21)11-13-25)23-19(26)17-14-22-18(24(17)2)16-6-4-3-5-7-16/h3-7,14-15H,8-13H2,1-2H3,(H,23,26)/t15-/m0/s1. The Morgan fingerprint density at radius 3 is 2.41 bits per heavy atom. The lowest BCUT2D eigenvalue weighted by atomic mass is 9.93. The molecule has 0 bridgehead atoms. The molecule has 2 fully saturated rings. The zero-order valence-electron chi connectivity index (χ0n) is 15.9. The number of piperidine rings is 1. The van der Waals surface area contributed by atoms with Crippen LogP contribution in [0, 0.1) is 5.41 Å². The van der Waals surface area contributed by atoms with Gasteiger partial charge in [-0.3, -0.25) is 9.59 Å². The molecule has 6 nitrogen and oxygen atoms in total. The highest BCUT2D eigenvalue weighted by Gasteiger charge is 2.45. The Labute approximate surface area is 159 Å². The highest BCUT2D eigenvalue weighted by Crippen LogP contribution is 2.53. The van der Waals surface area contributed by atoms with Gasteiger partial charge in [0.1, 0.15) is 17.6 Å². The first-order chi connectivity index (χ1) is 13.0. The van der Waals surface area contributed by atoms with Crippen LogP contribution in [-0.2, 0) is 11.8 Å². The highest BCUT2D eigenvalue weighted by atomic mass is 16.2. The highest BCUT2D eigenvalue weighted by molar-refractivity contribution is 5.96. The number of benzene rings is 1. The number of nitrogens with zero attached hydrogens (tertiary/aromatic N) is 3. The molecule has 1 saturated heterocycles. The summed E-state index contributed by atoms with van der Waals surface area (Å²) in [5.41, 5.74) is 1.93. The van der Waals surface area contributed by atoms with Crippen LogP contribution in [0.2, 0.25) is 0 Å². The Hall–Kier alpha value is -2.63. The Balaban J connectivity index is 1.40. The maximum atomic E-state index is 12.7. The van der Waals surface area contributed by atoms with Gasteiger partial charge in [-0.1, -0.05) is 30.3 Å². The fourth-order valence-electron chi connectivity index (χ4n) is 3.96. The molecule has 27 heavy (non-hydrogen) atoms. The molecule has 0 radical (unpaired) electrons.